The van der Waals surface area contributed by atoms with Gasteiger partial charge in [-0.15, -0.1) is 0 Å². The number of aliphatic hydroxyl groups is 1. The topological polar surface area (TPSA) is 106 Å². The van der Waals surface area contributed by atoms with E-state index in [9.17, 15) is 9.59 Å². The molecule has 4 unspecified atom stereocenters. The number of carbonyl (C=O) groups excluding carboxylic acids is 1. The van der Waals surface area contributed by atoms with Gasteiger partial charge in [-0.2, -0.15) is 0 Å². The standard InChI is InChI=1S/C30H40N4O5/c1-38-30(37)28(32-39-13-12-35)27-29(36)34(26-11-3-2-10-25(26)31-27)24-17-21-8-5-9-22(18-24)33(21)23-15-19-6-4-7-20(14-19)16-23/h2-3,10-11,19-24,35H,4-9,12-18H2,1H3/t19?,20?,21-,22?,23?,24?/m1/s1. The maximum absolute atomic E-state index is 14.1. The first-order chi connectivity index (χ1) is 19.1. The number of nitrogens with zero attached hydrogens (tertiary/aromatic N) is 4. The molecule has 9 heteroatoms. The van der Waals surface area contributed by atoms with Gasteiger partial charge in [0.1, 0.15) is 6.61 Å². The van der Waals surface area contributed by atoms with Crippen molar-refractivity contribution in [2.45, 2.75) is 94.8 Å². The molecule has 1 aromatic carbocycles. The van der Waals surface area contributed by atoms with E-state index in [4.69, 9.17) is 14.7 Å². The number of aliphatic hydroxyl groups excluding tert-OH is 1. The maximum atomic E-state index is 14.1. The minimum atomic E-state index is -0.797. The second-order valence-corrected chi connectivity index (χ2v) is 11.9. The summed E-state index contributed by atoms with van der Waals surface area (Å²) < 4.78 is 6.78. The lowest BCUT2D eigenvalue weighted by atomic mass is 9.68. The number of fused-ring (bicyclic) bond motifs is 5. The molecule has 210 valence electrons. The van der Waals surface area contributed by atoms with Crippen LogP contribution in [0.25, 0.3) is 11.0 Å². The van der Waals surface area contributed by atoms with Crippen LogP contribution in [-0.2, 0) is 14.4 Å². The highest BCUT2D eigenvalue weighted by atomic mass is 16.6. The first kappa shape index (κ1) is 26.4. The Labute approximate surface area is 229 Å². The number of para-hydroxylation sites is 2. The molecule has 2 aromatic rings. The molecule has 9 nitrogen and oxygen atoms in total. The number of benzene rings is 1. The zero-order chi connectivity index (χ0) is 26.9. The van der Waals surface area contributed by atoms with Crippen LogP contribution in [0.2, 0.25) is 0 Å². The number of aromatic nitrogens is 2. The lowest BCUT2D eigenvalue weighted by Crippen LogP contribution is -2.58. The van der Waals surface area contributed by atoms with E-state index < -0.39 is 5.97 Å². The summed E-state index contributed by atoms with van der Waals surface area (Å²) in [7, 11) is 1.24. The third-order valence-corrected chi connectivity index (χ3v) is 9.63. The van der Waals surface area contributed by atoms with Crippen molar-refractivity contribution in [1.82, 2.24) is 14.5 Å². The molecule has 2 aliphatic carbocycles. The summed E-state index contributed by atoms with van der Waals surface area (Å²) in [6.07, 6.45) is 13.7. The SMILES string of the molecule is COC(=O)C(=NOCCO)c1nc2ccccc2n(C2CC3CCC[C@H](C2)N3C2CC3CCCC(C3)C2)c1=O. The molecule has 0 amide bonds. The number of rotatable bonds is 7. The number of carbonyl (C=O) groups is 1. The van der Waals surface area contributed by atoms with Gasteiger partial charge in [0.25, 0.3) is 5.56 Å². The first-order valence-corrected chi connectivity index (χ1v) is 14.8. The fraction of sp³-hybridized carbons (Fsp3) is 0.667. The predicted molar refractivity (Wildman–Crippen MR) is 148 cm³/mol. The molecule has 0 spiro atoms. The molecule has 4 aliphatic rings. The summed E-state index contributed by atoms with van der Waals surface area (Å²) >= 11 is 0. The van der Waals surface area contributed by atoms with Gasteiger partial charge in [-0.1, -0.05) is 43.0 Å². The Morgan fingerprint density at radius 1 is 0.974 bits per heavy atom. The molecule has 4 fully saturated rings. The highest BCUT2D eigenvalue weighted by Gasteiger charge is 2.45. The van der Waals surface area contributed by atoms with E-state index in [0.29, 0.717) is 23.6 Å². The molecule has 1 aromatic heterocycles. The fourth-order valence-corrected chi connectivity index (χ4v) is 8.23. The Morgan fingerprint density at radius 3 is 2.36 bits per heavy atom. The third kappa shape index (κ3) is 5.11. The quantitative estimate of drug-likeness (QED) is 0.248. The molecule has 2 saturated heterocycles. The summed E-state index contributed by atoms with van der Waals surface area (Å²) in [6.45, 7) is -0.371. The molecule has 1 N–H and O–H groups in total. The Balaban J connectivity index is 1.36. The van der Waals surface area contributed by atoms with E-state index in [2.05, 4.69) is 15.0 Å². The third-order valence-electron chi connectivity index (χ3n) is 9.63. The van der Waals surface area contributed by atoms with Crippen LogP contribution in [0.3, 0.4) is 0 Å². The van der Waals surface area contributed by atoms with Gasteiger partial charge >= 0.3 is 5.97 Å². The smallest absolute Gasteiger partial charge is 0.362 e. The van der Waals surface area contributed by atoms with Crippen LogP contribution >= 0.6 is 0 Å². The number of oxime groups is 1. The Morgan fingerprint density at radius 2 is 1.67 bits per heavy atom. The van der Waals surface area contributed by atoms with Crippen molar-refractivity contribution in [3.63, 3.8) is 0 Å². The summed E-state index contributed by atoms with van der Waals surface area (Å²) in [5.74, 6) is 0.979. The molecule has 2 saturated carbocycles. The van der Waals surface area contributed by atoms with Crippen LogP contribution in [0.1, 0.15) is 82.4 Å². The van der Waals surface area contributed by atoms with Gasteiger partial charge in [-0.3, -0.25) is 9.69 Å². The number of piperidine rings is 2. The second-order valence-electron chi connectivity index (χ2n) is 11.9. The van der Waals surface area contributed by atoms with Gasteiger partial charge in [0.15, 0.2) is 5.69 Å². The Bertz CT molecular complexity index is 1270. The molecule has 2 aliphatic heterocycles. The van der Waals surface area contributed by atoms with Crippen molar-refractivity contribution >= 4 is 22.7 Å². The van der Waals surface area contributed by atoms with E-state index in [0.717, 1.165) is 30.2 Å². The lowest BCUT2D eigenvalue weighted by Gasteiger charge is -2.55. The Hall–Kier alpha value is -2.78. The van der Waals surface area contributed by atoms with Crippen molar-refractivity contribution in [2.24, 2.45) is 17.0 Å². The normalized spacial score (nSPS) is 31.2. The van der Waals surface area contributed by atoms with E-state index in [1.165, 1.54) is 64.9 Å². The van der Waals surface area contributed by atoms with Crippen molar-refractivity contribution < 1.29 is 19.5 Å². The fourth-order valence-electron chi connectivity index (χ4n) is 8.23. The predicted octanol–water partition coefficient (Wildman–Crippen LogP) is 3.81. The van der Waals surface area contributed by atoms with Gasteiger partial charge in [0.05, 0.1) is 24.8 Å². The van der Waals surface area contributed by atoms with Crippen LogP contribution in [-0.4, -0.2) is 69.7 Å². The monoisotopic (exact) mass is 536 g/mol. The number of esters is 1. The van der Waals surface area contributed by atoms with E-state index in [1.54, 1.807) is 0 Å². The summed E-state index contributed by atoms with van der Waals surface area (Å²) in [5.41, 5.74) is 0.691. The molecular formula is C30H40N4O5. The van der Waals surface area contributed by atoms with Gasteiger partial charge in [-0.05, 0) is 68.9 Å². The molecular weight excluding hydrogens is 496 g/mol. The van der Waals surface area contributed by atoms with Crippen molar-refractivity contribution in [2.75, 3.05) is 20.3 Å². The van der Waals surface area contributed by atoms with Crippen LogP contribution < -0.4 is 5.56 Å². The van der Waals surface area contributed by atoms with E-state index >= 15 is 0 Å². The molecule has 3 heterocycles. The van der Waals surface area contributed by atoms with Crippen LogP contribution in [0.4, 0.5) is 0 Å². The highest BCUT2D eigenvalue weighted by molar-refractivity contribution is 6.42. The number of hydrogen-bond acceptors (Lipinski definition) is 8. The largest absolute Gasteiger partial charge is 0.464 e. The van der Waals surface area contributed by atoms with E-state index in [-0.39, 0.29) is 36.2 Å². The molecule has 4 bridgehead atoms. The summed E-state index contributed by atoms with van der Waals surface area (Å²) in [5, 5.41) is 13.0. The van der Waals surface area contributed by atoms with Gasteiger partial charge in [-0.25, -0.2) is 9.78 Å². The molecule has 6 rings (SSSR count). The molecule has 39 heavy (non-hydrogen) atoms. The van der Waals surface area contributed by atoms with Crippen LogP contribution in [0.15, 0.2) is 34.2 Å². The minimum absolute atomic E-state index is 0.0102. The number of ether oxygens (including phenoxy) is 1. The number of hydrogen-bond donors (Lipinski definition) is 1. The van der Waals surface area contributed by atoms with Crippen LogP contribution in [0, 0.1) is 11.8 Å². The lowest BCUT2D eigenvalue weighted by molar-refractivity contribution is -0.132. The van der Waals surface area contributed by atoms with Gasteiger partial charge in [0.2, 0.25) is 5.71 Å². The second kappa shape index (κ2) is 11.4. The first-order valence-electron chi connectivity index (χ1n) is 14.8. The van der Waals surface area contributed by atoms with Gasteiger partial charge in [0, 0.05) is 24.2 Å². The average molecular weight is 537 g/mol. The zero-order valence-corrected chi connectivity index (χ0v) is 22.8. The minimum Gasteiger partial charge on any atom is -0.464 e. The molecule has 0 radical (unpaired) electrons. The zero-order valence-electron chi connectivity index (χ0n) is 22.8. The highest BCUT2D eigenvalue weighted by Crippen LogP contribution is 2.47. The van der Waals surface area contributed by atoms with Crippen molar-refractivity contribution in [3.05, 3.63) is 40.3 Å². The summed E-state index contributed by atoms with van der Waals surface area (Å²) in [6, 6.07) is 9.22. The van der Waals surface area contributed by atoms with Crippen molar-refractivity contribution in [1.29, 1.82) is 0 Å². The Kier molecular flexibility index (Phi) is 7.71. The van der Waals surface area contributed by atoms with Gasteiger partial charge < -0.3 is 19.2 Å². The average Bonchev–Trinajstić information content (AvgIpc) is 2.94. The number of methoxy groups -OCH3 is 1. The van der Waals surface area contributed by atoms with Crippen LogP contribution in [0.5, 0.6) is 0 Å². The summed E-state index contributed by atoms with van der Waals surface area (Å²) in [4.78, 5) is 39.3. The maximum Gasteiger partial charge on any atom is 0.362 e. The van der Waals surface area contributed by atoms with Crippen molar-refractivity contribution in [3.8, 4) is 0 Å². The van der Waals surface area contributed by atoms with E-state index in [1.807, 2.05) is 28.8 Å². The molecule has 5 atom stereocenters.